The molecule has 0 spiro atoms. The second-order valence-electron chi connectivity index (χ2n) is 19.6. The number of allylic oxidation sites excluding steroid dienone is 5. The Bertz CT molecular complexity index is 1240. The van der Waals surface area contributed by atoms with Gasteiger partial charge in [0, 0.05) is 6.42 Å². The first-order valence-corrected chi connectivity index (χ1v) is 28.3. The van der Waals surface area contributed by atoms with Gasteiger partial charge in [-0.15, -0.1) is 0 Å². The minimum Gasteiger partial charge on any atom is -0.454 e. The molecular formula is C57H105NO10. The summed E-state index contributed by atoms with van der Waals surface area (Å²) in [4.78, 5) is 26.4. The van der Waals surface area contributed by atoms with Crippen molar-refractivity contribution in [3.8, 4) is 0 Å². The maximum Gasteiger partial charge on any atom is 0.306 e. The van der Waals surface area contributed by atoms with Gasteiger partial charge in [-0.2, -0.15) is 0 Å². The van der Waals surface area contributed by atoms with Crippen molar-refractivity contribution in [3.63, 3.8) is 0 Å². The molecule has 8 atom stereocenters. The Balaban J connectivity index is 2.76. The third kappa shape index (κ3) is 34.2. The number of esters is 1. The number of rotatable bonds is 47. The third-order valence-corrected chi connectivity index (χ3v) is 13.3. The summed E-state index contributed by atoms with van der Waals surface area (Å²) in [5, 5.41) is 56.7. The molecule has 6 N–H and O–H groups in total. The number of unbranched alkanes of at least 4 members (excludes halogenated alkanes) is 29. The Kier molecular flexibility index (Phi) is 43.2. The molecule has 1 fully saturated rings. The van der Waals surface area contributed by atoms with Gasteiger partial charge >= 0.3 is 5.97 Å². The number of ether oxygens (including phenoxy) is 3. The first-order valence-electron chi connectivity index (χ1n) is 28.3. The quantitative estimate of drug-likeness (QED) is 0.0196. The third-order valence-electron chi connectivity index (χ3n) is 13.3. The highest BCUT2D eigenvalue weighted by Gasteiger charge is 2.47. The molecule has 0 aromatic rings. The van der Waals surface area contributed by atoms with E-state index >= 15 is 0 Å². The average molecular weight is 964 g/mol. The van der Waals surface area contributed by atoms with Crippen LogP contribution in [0.5, 0.6) is 0 Å². The molecule has 1 aliphatic heterocycles. The van der Waals surface area contributed by atoms with Crippen molar-refractivity contribution < 1.29 is 49.3 Å². The van der Waals surface area contributed by atoms with Gasteiger partial charge in [0.15, 0.2) is 12.4 Å². The highest BCUT2D eigenvalue weighted by atomic mass is 16.7. The Hall–Kier alpha value is -2.12. The first kappa shape index (κ1) is 63.9. The normalized spacial score (nSPS) is 20.1. The van der Waals surface area contributed by atoms with Crippen molar-refractivity contribution in [2.75, 3.05) is 13.2 Å². The van der Waals surface area contributed by atoms with Crippen LogP contribution in [-0.4, -0.2) is 99.6 Å². The summed E-state index contributed by atoms with van der Waals surface area (Å²) in [6.07, 6.45) is 41.9. The van der Waals surface area contributed by atoms with E-state index in [1.807, 2.05) is 6.08 Å². The molecule has 0 aromatic carbocycles. The number of amides is 1. The zero-order valence-corrected chi connectivity index (χ0v) is 43.7. The Morgan fingerprint density at radius 2 is 1.06 bits per heavy atom. The Morgan fingerprint density at radius 3 is 1.57 bits per heavy atom. The van der Waals surface area contributed by atoms with Crippen LogP contribution in [0.25, 0.3) is 0 Å². The van der Waals surface area contributed by atoms with Gasteiger partial charge in [0.05, 0.1) is 25.4 Å². The van der Waals surface area contributed by atoms with E-state index in [-0.39, 0.29) is 19.4 Å². The lowest BCUT2D eigenvalue weighted by Crippen LogP contribution is -2.61. The lowest BCUT2D eigenvalue weighted by atomic mass is 9.99. The Morgan fingerprint density at radius 1 is 0.588 bits per heavy atom. The fourth-order valence-corrected chi connectivity index (χ4v) is 8.81. The van der Waals surface area contributed by atoms with E-state index in [2.05, 4.69) is 50.4 Å². The molecule has 0 aliphatic carbocycles. The van der Waals surface area contributed by atoms with E-state index in [1.54, 1.807) is 6.08 Å². The molecule has 1 heterocycles. The number of nitrogens with one attached hydrogen (secondary N) is 1. The maximum atomic E-state index is 13.3. The molecule has 1 aliphatic rings. The number of hydrogen-bond acceptors (Lipinski definition) is 10. The smallest absolute Gasteiger partial charge is 0.306 e. The van der Waals surface area contributed by atoms with Crippen LogP contribution in [0.1, 0.15) is 252 Å². The van der Waals surface area contributed by atoms with Gasteiger partial charge in [0.25, 0.3) is 0 Å². The monoisotopic (exact) mass is 964 g/mol. The van der Waals surface area contributed by atoms with Gasteiger partial charge < -0.3 is 45.1 Å². The van der Waals surface area contributed by atoms with Crippen LogP contribution in [0.3, 0.4) is 0 Å². The van der Waals surface area contributed by atoms with E-state index in [0.29, 0.717) is 12.8 Å². The molecule has 68 heavy (non-hydrogen) atoms. The molecule has 0 radical (unpaired) electrons. The van der Waals surface area contributed by atoms with Crippen molar-refractivity contribution >= 4 is 11.9 Å². The lowest BCUT2D eigenvalue weighted by Gasteiger charge is -2.41. The summed E-state index contributed by atoms with van der Waals surface area (Å²) in [6.45, 7) is 5.67. The second kappa shape index (κ2) is 46.0. The molecule has 1 amide bonds. The summed E-state index contributed by atoms with van der Waals surface area (Å²) in [7, 11) is 0. The van der Waals surface area contributed by atoms with Crippen LogP contribution < -0.4 is 5.32 Å². The van der Waals surface area contributed by atoms with Crippen molar-refractivity contribution in [2.45, 2.75) is 301 Å². The van der Waals surface area contributed by atoms with Crippen molar-refractivity contribution in [1.29, 1.82) is 0 Å². The largest absolute Gasteiger partial charge is 0.454 e. The Labute approximate surface area is 415 Å². The van der Waals surface area contributed by atoms with Crippen LogP contribution >= 0.6 is 0 Å². The van der Waals surface area contributed by atoms with Crippen molar-refractivity contribution in [2.24, 2.45) is 0 Å². The maximum absolute atomic E-state index is 13.3. The van der Waals surface area contributed by atoms with E-state index in [9.17, 15) is 35.1 Å². The zero-order chi connectivity index (χ0) is 49.7. The highest BCUT2D eigenvalue weighted by Crippen LogP contribution is 2.26. The van der Waals surface area contributed by atoms with E-state index in [0.717, 1.165) is 89.9 Å². The summed E-state index contributed by atoms with van der Waals surface area (Å²) in [5.74, 6) is -1.20. The number of aliphatic hydroxyl groups is 5. The average Bonchev–Trinajstić information content (AvgIpc) is 3.33. The molecule has 1 saturated heterocycles. The van der Waals surface area contributed by atoms with Gasteiger partial charge in [-0.1, -0.05) is 231 Å². The van der Waals surface area contributed by atoms with E-state index < -0.39 is 67.4 Å². The molecule has 8 unspecified atom stereocenters. The highest BCUT2D eigenvalue weighted by molar-refractivity contribution is 5.80. The fourth-order valence-electron chi connectivity index (χ4n) is 8.81. The van der Waals surface area contributed by atoms with Crippen LogP contribution in [0, 0.1) is 0 Å². The number of carbonyl (C=O) groups is 2. The number of carbonyl (C=O) groups excluding carboxylic acids is 2. The molecule has 1 rings (SSSR count). The van der Waals surface area contributed by atoms with Crippen molar-refractivity contribution in [1.82, 2.24) is 5.32 Å². The summed E-state index contributed by atoms with van der Waals surface area (Å²) < 4.78 is 17.6. The first-order chi connectivity index (χ1) is 33.2. The van der Waals surface area contributed by atoms with Crippen LogP contribution in [0.2, 0.25) is 0 Å². The second-order valence-corrected chi connectivity index (χ2v) is 19.6. The van der Waals surface area contributed by atoms with Crippen LogP contribution in [-0.2, 0) is 23.8 Å². The van der Waals surface area contributed by atoms with Crippen LogP contribution in [0.4, 0.5) is 0 Å². The van der Waals surface area contributed by atoms with Gasteiger partial charge in [-0.25, -0.2) is 0 Å². The van der Waals surface area contributed by atoms with Crippen molar-refractivity contribution in [3.05, 3.63) is 36.5 Å². The van der Waals surface area contributed by atoms with E-state index in [4.69, 9.17) is 14.2 Å². The summed E-state index contributed by atoms with van der Waals surface area (Å²) >= 11 is 0. The molecule has 398 valence electrons. The topological polar surface area (TPSA) is 175 Å². The lowest BCUT2D eigenvalue weighted by molar-refractivity contribution is -0.305. The molecule has 0 bridgehead atoms. The van der Waals surface area contributed by atoms with Gasteiger partial charge in [-0.05, 0) is 51.4 Å². The van der Waals surface area contributed by atoms with Gasteiger partial charge in [0.2, 0.25) is 5.91 Å². The standard InChI is InChI=1S/C57H105NO10/c1-4-7-10-13-16-19-22-25-28-31-34-37-40-43-49(60)48(58-56(65)50(61)44-41-38-35-32-29-26-23-20-17-14-11-8-5-2)47-66-57-55(54(64)53(63)51(46-59)67-57)68-52(62)45-42-39-36-33-30-27-24-21-18-15-12-9-6-3/h8,11,17,20,40,43,48-51,53-55,57,59-61,63-64H,4-7,9-10,12-16,18-19,21-39,41-42,44-47H2,1-3H3,(H,58,65)/b11-8+,20-17+,43-40+. The molecular weight excluding hydrogens is 859 g/mol. The number of hydrogen-bond donors (Lipinski definition) is 6. The molecule has 11 heteroatoms. The molecule has 0 saturated carbocycles. The summed E-state index contributed by atoms with van der Waals surface area (Å²) in [6, 6.07) is -1.02. The predicted octanol–water partition coefficient (Wildman–Crippen LogP) is 12.3. The fraction of sp³-hybridized carbons (Fsp3) is 0.860. The van der Waals surface area contributed by atoms with Gasteiger partial charge in [-0.3, -0.25) is 9.59 Å². The van der Waals surface area contributed by atoms with Gasteiger partial charge in [0.1, 0.15) is 24.4 Å². The molecule has 0 aromatic heterocycles. The SMILES string of the molecule is CC/C=C/C/C=C/CCCCCCCCC(O)C(=O)NC(COC1OC(CO)C(O)C(O)C1OC(=O)CCCCCCCCCCCCCCC)C(O)/C=C/CCCCCCCCCCCCC. The summed E-state index contributed by atoms with van der Waals surface area (Å²) in [5.41, 5.74) is 0. The molecule has 11 nitrogen and oxygen atoms in total. The zero-order valence-electron chi connectivity index (χ0n) is 43.7. The number of aliphatic hydroxyl groups excluding tert-OH is 5. The van der Waals surface area contributed by atoms with E-state index in [1.165, 1.54) is 116 Å². The minimum absolute atomic E-state index is 0.126. The predicted molar refractivity (Wildman–Crippen MR) is 278 cm³/mol. The van der Waals surface area contributed by atoms with Crippen LogP contribution in [0.15, 0.2) is 36.5 Å². The minimum atomic E-state index is -1.61.